The number of rotatable bonds is 4. The Balaban J connectivity index is 1.70. The van der Waals surface area contributed by atoms with Gasteiger partial charge in [-0.2, -0.15) is 0 Å². The Morgan fingerprint density at radius 2 is 2.23 bits per heavy atom. The molecule has 2 amide bonds. The molecule has 0 bridgehead atoms. The van der Waals surface area contributed by atoms with Crippen molar-refractivity contribution in [1.29, 1.82) is 0 Å². The Kier molecular flexibility index (Phi) is 3.70. The van der Waals surface area contributed by atoms with Crippen molar-refractivity contribution in [2.24, 2.45) is 0 Å². The number of furan rings is 1. The maximum Gasteiger partial charge on any atom is 0.248 e. The van der Waals surface area contributed by atoms with E-state index in [1.165, 1.54) is 0 Å². The minimum atomic E-state index is -0.519. The largest absolute Gasteiger partial charge is 0.464 e. The third-order valence-electron chi connectivity index (χ3n) is 3.63. The number of aromatic nitrogens is 1. The summed E-state index contributed by atoms with van der Waals surface area (Å²) in [6, 6.07) is 4.77. The first-order chi connectivity index (χ1) is 10.5. The van der Waals surface area contributed by atoms with E-state index in [9.17, 15) is 9.59 Å². The summed E-state index contributed by atoms with van der Waals surface area (Å²) in [7, 11) is 0. The van der Waals surface area contributed by atoms with Gasteiger partial charge in [0.1, 0.15) is 23.3 Å². The molecule has 0 saturated carbocycles. The molecular formula is C15H17N3O4. The van der Waals surface area contributed by atoms with Gasteiger partial charge in [0.25, 0.3) is 0 Å². The van der Waals surface area contributed by atoms with E-state index in [1.807, 2.05) is 19.1 Å². The molecule has 0 aromatic carbocycles. The zero-order valence-corrected chi connectivity index (χ0v) is 12.5. The SMILES string of the molecule is Cc1cc(NC(=O)[C@H]2CCC(=O)N2Cc2ccc(C)o2)no1. The van der Waals surface area contributed by atoms with Gasteiger partial charge < -0.3 is 19.2 Å². The number of carbonyl (C=O) groups is 2. The predicted octanol–water partition coefficient (Wildman–Crippen LogP) is 2.01. The van der Waals surface area contributed by atoms with Crippen LogP contribution in [0.5, 0.6) is 0 Å². The fourth-order valence-corrected chi connectivity index (χ4v) is 2.58. The first-order valence-electron chi connectivity index (χ1n) is 7.12. The number of anilines is 1. The lowest BCUT2D eigenvalue weighted by atomic mass is 10.2. The first-order valence-corrected chi connectivity index (χ1v) is 7.12. The van der Waals surface area contributed by atoms with E-state index >= 15 is 0 Å². The number of carbonyl (C=O) groups excluding carboxylic acids is 2. The minimum Gasteiger partial charge on any atom is -0.464 e. The second kappa shape index (κ2) is 5.67. The molecule has 0 spiro atoms. The van der Waals surface area contributed by atoms with Crippen LogP contribution in [0, 0.1) is 13.8 Å². The third-order valence-corrected chi connectivity index (χ3v) is 3.63. The van der Waals surface area contributed by atoms with Crippen LogP contribution in [0.3, 0.4) is 0 Å². The molecule has 0 unspecified atom stereocenters. The van der Waals surface area contributed by atoms with Crippen molar-refractivity contribution in [3.8, 4) is 0 Å². The Morgan fingerprint density at radius 3 is 2.86 bits per heavy atom. The smallest absolute Gasteiger partial charge is 0.248 e. The summed E-state index contributed by atoms with van der Waals surface area (Å²) < 4.78 is 10.4. The predicted molar refractivity (Wildman–Crippen MR) is 76.9 cm³/mol. The molecule has 1 saturated heterocycles. The Morgan fingerprint density at radius 1 is 1.41 bits per heavy atom. The molecule has 1 N–H and O–H groups in total. The third kappa shape index (κ3) is 2.88. The zero-order valence-electron chi connectivity index (χ0n) is 12.5. The molecule has 1 fully saturated rings. The fraction of sp³-hybridized carbons (Fsp3) is 0.400. The van der Waals surface area contributed by atoms with Crippen LogP contribution in [-0.4, -0.2) is 27.9 Å². The molecule has 3 heterocycles. The van der Waals surface area contributed by atoms with Gasteiger partial charge in [-0.1, -0.05) is 5.16 Å². The number of amides is 2. The van der Waals surface area contributed by atoms with Crippen LogP contribution < -0.4 is 5.32 Å². The van der Waals surface area contributed by atoms with Crippen LogP contribution >= 0.6 is 0 Å². The van der Waals surface area contributed by atoms with Gasteiger partial charge in [-0.3, -0.25) is 9.59 Å². The molecule has 3 rings (SSSR count). The molecule has 7 heteroatoms. The molecule has 2 aromatic rings. The van der Waals surface area contributed by atoms with Crippen molar-refractivity contribution < 1.29 is 18.5 Å². The van der Waals surface area contributed by atoms with Gasteiger partial charge >= 0.3 is 0 Å². The van der Waals surface area contributed by atoms with Gasteiger partial charge in [0.2, 0.25) is 11.8 Å². The maximum absolute atomic E-state index is 12.4. The molecule has 22 heavy (non-hydrogen) atoms. The second-order valence-electron chi connectivity index (χ2n) is 5.40. The van der Waals surface area contributed by atoms with E-state index in [0.29, 0.717) is 36.7 Å². The minimum absolute atomic E-state index is 0.0504. The van der Waals surface area contributed by atoms with Crippen molar-refractivity contribution >= 4 is 17.6 Å². The first kappa shape index (κ1) is 14.4. The quantitative estimate of drug-likeness (QED) is 0.933. The van der Waals surface area contributed by atoms with Gasteiger partial charge in [-0.05, 0) is 32.4 Å². The number of aryl methyl sites for hydroxylation is 2. The number of nitrogens with zero attached hydrogens (tertiary/aromatic N) is 2. The molecule has 1 aliphatic rings. The van der Waals surface area contributed by atoms with Gasteiger partial charge in [0.05, 0.1) is 6.54 Å². The summed E-state index contributed by atoms with van der Waals surface area (Å²) >= 11 is 0. The highest BCUT2D eigenvalue weighted by Gasteiger charge is 2.36. The van der Waals surface area contributed by atoms with Crippen molar-refractivity contribution in [3.63, 3.8) is 0 Å². The molecule has 116 valence electrons. The van der Waals surface area contributed by atoms with Gasteiger partial charge in [0, 0.05) is 12.5 Å². The summed E-state index contributed by atoms with van der Waals surface area (Å²) in [6.07, 6.45) is 0.844. The second-order valence-corrected chi connectivity index (χ2v) is 5.40. The Bertz CT molecular complexity index is 703. The number of hydrogen-bond acceptors (Lipinski definition) is 5. The van der Waals surface area contributed by atoms with E-state index < -0.39 is 6.04 Å². The lowest BCUT2D eigenvalue weighted by Crippen LogP contribution is -2.41. The molecule has 0 aliphatic carbocycles. The number of likely N-dealkylation sites (tertiary alicyclic amines) is 1. The van der Waals surface area contributed by atoms with Crippen LogP contribution in [0.15, 0.2) is 27.1 Å². The maximum atomic E-state index is 12.4. The highest BCUT2D eigenvalue weighted by atomic mass is 16.5. The van der Waals surface area contributed by atoms with Gasteiger partial charge in [-0.25, -0.2) is 0 Å². The lowest BCUT2D eigenvalue weighted by molar-refractivity contribution is -0.134. The van der Waals surface area contributed by atoms with Crippen LogP contribution in [0.2, 0.25) is 0 Å². The Hall–Kier alpha value is -2.57. The average Bonchev–Trinajstić information content (AvgIpc) is 3.14. The molecular weight excluding hydrogens is 286 g/mol. The summed E-state index contributed by atoms with van der Waals surface area (Å²) in [6.45, 7) is 3.88. The van der Waals surface area contributed by atoms with E-state index in [4.69, 9.17) is 8.94 Å². The number of nitrogens with one attached hydrogen (secondary N) is 1. The molecule has 2 aromatic heterocycles. The van der Waals surface area contributed by atoms with Crippen molar-refractivity contribution in [2.75, 3.05) is 5.32 Å². The highest BCUT2D eigenvalue weighted by molar-refractivity contribution is 5.98. The van der Waals surface area contributed by atoms with Crippen LogP contribution in [-0.2, 0) is 16.1 Å². The normalized spacial score (nSPS) is 18.0. The van der Waals surface area contributed by atoms with Gasteiger partial charge in [-0.15, -0.1) is 0 Å². The van der Waals surface area contributed by atoms with Crippen molar-refractivity contribution in [1.82, 2.24) is 10.1 Å². The average molecular weight is 303 g/mol. The van der Waals surface area contributed by atoms with Gasteiger partial charge in [0.15, 0.2) is 5.82 Å². The van der Waals surface area contributed by atoms with Crippen LogP contribution in [0.1, 0.15) is 30.1 Å². The van der Waals surface area contributed by atoms with E-state index in [1.54, 1.807) is 17.9 Å². The monoisotopic (exact) mass is 303 g/mol. The van der Waals surface area contributed by atoms with Crippen LogP contribution in [0.25, 0.3) is 0 Å². The standard InChI is InChI=1S/C15H17N3O4/c1-9-3-4-11(21-9)8-18-12(5-6-14(18)19)15(20)16-13-7-10(2)22-17-13/h3-4,7,12H,5-6,8H2,1-2H3,(H,16,17,20)/t12-/m1/s1. The highest BCUT2D eigenvalue weighted by Crippen LogP contribution is 2.23. The molecule has 1 aliphatic heterocycles. The summed E-state index contributed by atoms with van der Waals surface area (Å²) in [5, 5.41) is 6.41. The molecule has 1 atom stereocenters. The van der Waals surface area contributed by atoms with Crippen molar-refractivity contribution in [3.05, 3.63) is 35.5 Å². The van der Waals surface area contributed by atoms with E-state index in [-0.39, 0.29) is 11.8 Å². The summed E-state index contributed by atoms with van der Waals surface area (Å²) in [4.78, 5) is 25.9. The molecule has 0 radical (unpaired) electrons. The van der Waals surface area contributed by atoms with Crippen molar-refractivity contribution in [2.45, 2.75) is 39.3 Å². The summed E-state index contributed by atoms with van der Waals surface area (Å²) in [5.41, 5.74) is 0. The lowest BCUT2D eigenvalue weighted by Gasteiger charge is -2.22. The van der Waals surface area contributed by atoms with E-state index in [0.717, 1.165) is 5.76 Å². The van der Waals surface area contributed by atoms with E-state index in [2.05, 4.69) is 10.5 Å². The zero-order chi connectivity index (χ0) is 15.7. The number of hydrogen-bond donors (Lipinski definition) is 1. The summed E-state index contributed by atoms with van der Waals surface area (Å²) in [5.74, 6) is 2.10. The fourth-order valence-electron chi connectivity index (χ4n) is 2.58. The topological polar surface area (TPSA) is 88.6 Å². The molecule has 7 nitrogen and oxygen atoms in total. The van der Waals surface area contributed by atoms with Crippen LogP contribution in [0.4, 0.5) is 5.82 Å². The Labute approximate surface area is 127 Å².